The zero-order chi connectivity index (χ0) is 12.4. The highest BCUT2D eigenvalue weighted by Crippen LogP contribution is 2.35. The highest BCUT2D eigenvalue weighted by molar-refractivity contribution is 6.35. The van der Waals surface area contributed by atoms with Crippen LogP contribution in [0.2, 0.25) is 10.0 Å². The van der Waals surface area contributed by atoms with Gasteiger partial charge in [0, 0.05) is 16.5 Å². The van der Waals surface area contributed by atoms with Crippen LogP contribution in [0.3, 0.4) is 0 Å². The van der Waals surface area contributed by atoms with Gasteiger partial charge in [-0.1, -0.05) is 30.1 Å². The van der Waals surface area contributed by atoms with Crippen LogP contribution < -0.4 is 0 Å². The minimum Gasteiger partial charge on any atom is -0.464 e. The van der Waals surface area contributed by atoms with Crippen molar-refractivity contribution >= 4 is 34.8 Å². The predicted molar refractivity (Wildman–Crippen MR) is 72.2 cm³/mol. The monoisotopic (exact) mass is 288 g/mol. The topological polar surface area (TPSA) is 13.1 Å². The molecule has 2 rings (SSSR count). The van der Waals surface area contributed by atoms with Crippen molar-refractivity contribution in [3.63, 3.8) is 0 Å². The molecule has 4 heteroatoms. The van der Waals surface area contributed by atoms with Crippen molar-refractivity contribution in [2.75, 3.05) is 0 Å². The van der Waals surface area contributed by atoms with Crippen LogP contribution in [0.15, 0.2) is 34.7 Å². The Morgan fingerprint density at radius 1 is 1.18 bits per heavy atom. The molecular formula is C13H11Cl3O. The van der Waals surface area contributed by atoms with Crippen LogP contribution in [-0.2, 0) is 6.42 Å². The highest BCUT2D eigenvalue weighted by atomic mass is 35.5. The Bertz CT molecular complexity index is 519. The van der Waals surface area contributed by atoms with Crippen molar-refractivity contribution in [1.29, 1.82) is 0 Å². The van der Waals surface area contributed by atoms with Gasteiger partial charge in [0.25, 0.3) is 0 Å². The molecule has 0 radical (unpaired) electrons. The van der Waals surface area contributed by atoms with Crippen LogP contribution in [0, 0.1) is 0 Å². The maximum absolute atomic E-state index is 6.34. The summed E-state index contributed by atoms with van der Waals surface area (Å²) in [5.41, 5.74) is 0.762. The fraction of sp³-hybridized carbons (Fsp3) is 0.231. The van der Waals surface area contributed by atoms with Crippen LogP contribution >= 0.6 is 34.8 Å². The molecule has 0 saturated heterocycles. The molecule has 1 aromatic heterocycles. The molecule has 1 unspecified atom stereocenters. The summed E-state index contributed by atoms with van der Waals surface area (Å²) < 4.78 is 5.61. The molecule has 2 aromatic rings. The van der Waals surface area contributed by atoms with Gasteiger partial charge in [-0.15, -0.1) is 11.6 Å². The molecule has 1 atom stereocenters. The standard InChI is InChI=1S/C13H11Cl3O/c1-2-9-4-6-12(17-9)13(16)10-7-8(14)3-5-11(10)15/h3-7,13H,2H2,1H3. The number of benzene rings is 1. The lowest BCUT2D eigenvalue weighted by Crippen LogP contribution is -1.92. The first-order chi connectivity index (χ1) is 8.11. The lowest BCUT2D eigenvalue weighted by molar-refractivity contribution is 0.474. The number of halogens is 3. The van der Waals surface area contributed by atoms with Crippen molar-refractivity contribution in [2.45, 2.75) is 18.7 Å². The van der Waals surface area contributed by atoms with E-state index in [1.54, 1.807) is 18.2 Å². The molecule has 0 fully saturated rings. The van der Waals surface area contributed by atoms with Crippen molar-refractivity contribution in [3.05, 3.63) is 57.5 Å². The van der Waals surface area contributed by atoms with Crippen LogP contribution in [0.1, 0.15) is 29.4 Å². The molecule has 0 amide bonds. The number of hydrogen-bond donors (Lipinski definition) is 0. The minimum absolute atomic E-state index is 0.415. The third-order valence-electron chi connectivity index (χ3n) is 2.51. The van der Waals surface area contributed by atoms with Crippen LogP contribution in [-0.4, -0.2) is 0 Å². The first-order valence-corrected chi connectivity index (χ1v) is 6.48. The van der Waals surface area contributed by atoms with Crippen LogP contribution in [0.25, 0.3) is 0 Å². The maximum Gasteiger partial charge on any atom is 0.126 e. The first kappa shape index (κ1) is 12.8. The summed E-state index contributed by atoms with van der Waals surface area (Å²) in [6, 6.07) is 9.02. The summed E-state index contributed by atoms with van der Waals surface area (Å²) in [6.07, 6.45) is 0.840. The summed E-state index contributed by atoms with van der Waals surface area (Å²) in [4.78, 5) is 0. The SMILES string of the molecule is CCc1ccc(C(Cl)c2cc(Cl)ccc2Cl)o1. The molecule has 0 bridgehead atoms. The van der Waals surface area contributed by atoms with Crippen LogP contribution in [0.5, 0.6) is 0 Å². The van der Waals surface area contributed by atoms with Gasteiger partial charge in [0.15, 0.2) is 0 Å². The second-order valence-electron chi connectivity index (χ2n) is 3.69. The van der Waals surface area contributed by atoms with E-state index in [4.69, 9.17) is 39.2 Å². The quantitative estimate of drug-likeness (QED) is 0.682. The van der Waals surface area contributed by atoms with Gasteiger partial charge < -0.3 is 4.42 Å². The van der Waals surface area contributed by atoms with Gasteiger partial charge >= 0.3 is 0 Å². The van der Waals surface area contributed by atoms with E-state index in [1.165, 1.54) is 0 Å². The molecular weight excluding hydrogens is 279 g/mol. The Hall–Kier alpha value is -0.630. The van der Waals surface area contributed by atoms with Crippen LogP contribution in [0.4, 0.5) is 0 Å². The van der Waals surface area contributed by atoms with E-state index >= 15 is 0 Å². The van der Waals surface area contributed by atoms with E-state index in [0.717, 1.165) is 17.7 Å². The fourth-order valence-electron chi connectivity index (χ4n) is 1.58. The Kier molecular flexibility index (Phi) is 4.03. The Balaban J connectivity index is 2.35. The minimum atomic E-state index is -0.415. The number of hydrogen-bond acceptors (Lipinski definition) is 1. The predicted octanol–water partition coefficient (Wildman–Crippen LogP) is 5.48. The first-order valence-electron chi connectivity index (χ1n) is 5.29. The molecule has 1 aromatic carbocycles. The summed E-state index contributed by atoms with van der Waals surface area (Å²) >= 11 is 18.4. The van der Waals surface area contributed by atoms with Gasteiger partial charge in [0.05, 0.1) is 0 Å². The van der Waals surface area contributed by atoms with Crippen molar-refractivity contribution in [3.8, 4) is 0 Å². The van der Waals surface area contributed by atoms with E-state index in [9.17, 15) is 0 Å². The van der Waals surface area contributed by atoms with Crippen molar-refractivity contribution in [1.82, 2.24) is 0 Å². The second kappa shape index (κ2) is 5.34. The van der Waals surface area contributed by atoms with Gasteiger partial charge in [-0.25, -0.2) is 0 Å². The highest BCUT2D eigenvalue weighted by Gasteiger charge is 2.18. The molecule has 0 aliphatic heterocycles. The van der Waals surface area contributed by atoms with E-state index in [0.29, 0.717) is 15.8 Å². The zero-order valence-corrected chi connectivity index (χ0v) is 11.5. The second-order valence-corrected chi connectivity index (χ2v) is 4.97. The molecule has 0 N–H and O–H groups in total. The third-order valence-corrected chi connectivity index (χ3v) is 3.54. The third kappa shape index (κ3) is 2.79. The van der Waals surface area contributed by atoms with Gasteiger partial charge in [-0.3, -0.25) is 0 Å². The summed E-state index contributed by atoms with van der Waals surface area (Å²) in [5.74, 6) is 1.59. The molecule has 0 saturated carbocycles. The maximum atomic E-state index is 6.34. The molecule has 0 spiro atoms. The lowest BCUT2D eigenvalue weighted by Gasteiger charge is -2.09. The number of aryl methyl sites for hydroxylation is 1. The van der Waals surface area contributed by atoms with Gasteiger partial charge in [-0.05, 0) is 35.9 Å². The molecule has 0 aliphatic carbocycles. The summed E-state index contributed by atoms with van der Waals surface area (Å²) in [5, 5.41) is 0.780. The van der Waals surface area contributed by atoms with Crippen molar-refractivity contribution < 1.29 is 4.42 Å². The molecule has 90 valence electrons. The molecule has 1 nitrogen and oxygen atoms in total. The van der Waals surface area contributed by atoms with E-state index < -0.39 is 5.38 Å². The van der Waals surface area contributed by atoms with E-state index in [-0.39, 0.29) is 0 Å². The summed E-state index contributed by atoms with van der Waals surface area (Å²) in [6.45, 7) is 2.03. The smallest absolute Gasteiger partial charge is 0.126 e. The lowest BCUT2D eigenvalue weighted by atomic mass is 10.1. The summed E-state index contributed by atoms with van der Waals surface area (Å²) in [7, 11) is 0. The number of alkyl halides is 1. The van der Waals surface area contributed by atoms with Crippen molar-refractivity contribution in [2.24, 2.45) is 0 Å². The Morgan fingerprint density at radius 2 is 1.94 bits per heavy atom. The Labute approximate surface area is 115 Å². The fourth-order valence-corrected chi connectivity index (χ4v) is 2.34. The molecule has 0 aliphatic rings. The number of rotatable bonds is 3. The zero-order valence-electron chi connectivity index (χ0n) is 9.21. The van der Waals surface area contributed by atoms with E-state index in [2.05, 4.69) is 0 Å². The van der Waals surface area contributed by atoms with Gasteiger partial charge in [0.1, 0.15) is 16.9 Å². The molecule has 1 heterocycles. The Morgan fingerprint density at radius 3 is 2.59 bits per heavy atom. The normalized spacial score (nSPS) is 12.7. The van der Waals surface area contributed by atoms with Gasteiger partial charge in [-0.2, -0.15) is 0 Å². The number of furan rings is 1. The van der Waals surface area contributed by atoms with E-state index in [1.807, 2.05) is 19.1 Å². The average Bonchev–Trinajstić information content (AvgIpc) is 2.80. The largest absolute Gasteiger partial charge is 0.464 e. The average molecular weight is 290 g/mol. The molecule has 17 heavy (non-hydrogen) atoms. The van der Waals surface area contributed by atoms with Gasteiger partial charge in [0.2, 0.25) is 0 Å².